The first-order valence-corrected chi connectivity index (χ1v) is 7.22. The molecular weight excluding hydrogens is 294 g/mol. The summed E-state index contributed by atoms with van der Waals surface area (Å²) in [7, 11) is 3.92. The van der Waals surface area contributed by atoms with Crippen LogP contribution in [-0.4, -0.2) is 24.9 Å². The Morgan fingerprint density at radius 1 is 1.13 bits per heavy atom. The zero-order valence-corrected chi connectivity index (χ0v) is 13.2. The number of hydrogen-bond acceptors (Lipinski definition) is 4. The molecule has 2 rings (SSSR count). The first kappa shape index (κ1) is 16.5. The van der Waals surface area contributed by atoms with Gasteiger partial charge in [-0.2, -0.15) is 0 Å². The van der Waals surface area contributed by atoms with E-state index in [1.54, 1.807) is 18.2 Å². The van der Waals surface area contributed by atoms with Crippen molar-refractivity contribution in [2.24, 2.45) is 0 Å². The van der Waals surface area contributed by atoms with Crippen LogP contribution in [0.1, 0.15) is 11.1 Å². The van der Waals surface area contributed by atoms with Gasteiger partial charge in [-0.1, -0.05) is 30.3 Å². The predicted octanol–water partition coefficient (Wildman–Crippen LogP) is 2.52. The molecule has 2 aromatic carbocycles. The number of nitro groups is 1. The largest absolute Gasteiger partial charge is 0.378 e. The summed E-state index contributed by atoms with van der Waals surface area (Å²) >= 11 is 0. The van der Waals surface area contributed by atoms with Crippen LogP contribution in [0.5, 0.6) is 0 Å². The van der Waals surface area contributed by atoms with Crippen LogP contribution < -0.4 is 10.2 Å². The van der Waals surface area contributed by atoms with E-state index >= 15 is 0 Å². The fraction of sp³-hybridized carbons (Fsp3) is 0.235. The van der Waals surface area contributed by atoms with Gasteiger partial charge in [0.25, 0.3) is 5.69 Å². The fourth-order valence-corrected chi connectivity index (χ4v) is 2.19. The minimum atomic E-state index is -0.470. The van der Waals surface area contributed by atoms with Crippen molar-refractivity contribution in [3.63, 3.8) is 0 Å². The van der Waals surface area contributed by atoms with E-state index in [9.17, 15) is 14.9 Å². The van der Waals surface area contributed by atoms with E-state index in [1.165, 1.54) is 6.07 Å². The Hall–Kier alpha value is -2.89. The zero-order chi connectivity index (χ0) is 16.8. The number of nitro benzene ring substituents is 1. The third-order valence-corrected chi connectivity index (χ3v) is 3.48. The van der Waals surface area contributed by atoms with Crippen LogP contribution in [0, 0.1) is 10.1 Å². The van der Waals surface area contributed by atoms with Gasteiger partial charge in [0.1, 0.15) is 0 Å². The average molecular weight is 313 g/mol. The molecule has 0 bridgehead atoms. The van der Waals surface area contributed by atoms with Crippen molar-refractivity contribution in [1.29, 1.82) is 0 Å². The van der Waals surface area contributed by atoms with Gasteiger partial charge in [-0.3, -0.25) is 14.9 Å². The van der Waals surface area contributed by atoms with Gasteiger partial charge in [-0.05, 0) is 17.7 Å². The molecule has 6 nitrogen and oxygen atoms in total. The maximum atomic E-state index is 12.0. The van der Waals surface area contributed by atoms with Crippen LogP contribution in [0.25, 0.3) is 0 Å². The maximum absolute atomic E-state index is 12.0. The van der Waals surface area contributed by atoms with Gasteiger partial charge in [0.05, 0.1) is 11.3 Å². The zero-order valence-electron chi connectivity index (χ0n) is 13.2. The van der Waals surface area contributed by atoms with E-state index in [0.29, 0.717) is 12.1 Å². The minimum absolute atomic E-state index is 0.00701. The normalized spacial score (nSPS) is 10.2. The molecule has 0 atom stereocenters. The molecule has 0 saturated heterocycles. The number of anilines is 1. The number of benzene rings is 2. The lowest BCUT2D eigenvalue weighted by Crippen LogP contribution is -2.24. The Kier molecular flexibility index (Phi) is 5.30. The Balaban J connectivity index is 1.94. The molecule has 0 unspecified atom stereocenters. The van der Waals surface area contributed by atoms with Gasteiger partial charge < -0.3 is 10.2 Å². The van der Waals surface area contributed by atoms with Crippen molar-refractivity contribution in [2.45, 2.75) is 13.0 Å². The lowest BCUT2D eigenvalue weighted by atomic mass is 10.1. The predicted molar refractivity (Wildman–Crippen MR) is 89.4 cm³/mol. The molecule has 120 valence electrons. The van der Waals surface area contributed by atoms with Crippen molar-refractivity contribution < 1.29 is 9.72 Å². The van der Waals surface area contributed by atoms with Gasteiger partial charge in [-0.25, -0.2) is 0 Å². The van der Waals surface area contributed by atoms with Crippen molar-refractivity contribution in [1.82, 2.24) is 5.32 Å². The maximum Gasteiger partial charge on any atom is 0.273 e. The lowest BCUT2D eigenvalue weighted by molar-refractivity contribution is -0.385. The summed E-state index contributed by atoms with van der Waals surface area (Å²) in [4.78, 5) is 24.5. The van der Waals surface area contributed by atoms with E-state index in [4.69, 9.17) is 0 Å². The molecule has 0 spiro atoms. The molecule has 1 amide bonds. The summed E-state index contributed by atoms with van der Waals surface area (Å²) in [6.45, 7) is 0.396. The second-order valence-corrected chi connectivity index (χ2v) is 5.40. The standard InChI is InChI=1S/C17H19N3O3/c1-19(2)15-9-7-13(8-10-15)12-18-17(21)11-14-5-3-4-6-16(14)20(22)23/h3-10H,11-12H2,1-2H3,(H,18,21). The van der Waals surface area contributed by atoms with Gasteiger partial charge in [-0.15, -0.1) is 0 Å². The summed E-state index contributed by atoms with van der Waals surface area (Å²) in [6, 6.07) is 14.1. The molecular formula is C17H19N3O3. The monoisotopic (exact) mass is 313 g/mol. The molecule has 0 aliphatic heterocycles. The van der Waals surface area contributed by atoms with Gasteiger partial charge in [0.2, 0.25) is 5.91 Å². The second-order valence-electron chi connectivity index (χ2n) is 5.40. The molecule has 0 heterocycles. The van der Waals surface area contributed by atoms with Gasteiger partial charge >= 0.3 is 0 Å². The third-order valence-electron chi connectivity index (χ3n) is 3.48. The van der Waals surface area contributed by atoms with Crippen molar-refractivity contribution in [2.75, 3.05) is 19.0 Å². The van der Waals surface area contributed by atoms with E-state index < -0.39 is 4.92 Å². The molecule has 23 heavy (non-hydrogen) atoms. The van der Waals surface area contributed by atoms with E-state index in [0.717, 1.165) is 11.3 Å². The van der Waals surface area contributed by atoms with Gasteiger partial charge in [0.15, 0.2) is 0 Å². The quantitative estimate of drug-likeness (QED) is 0.657. The van der Waals surface area contributed by atoms with Crippen LogP contribution in [0.3, 0.4) is 0 Å². The number of nitrogens with one attached hydrogen (secondary N) is 1. The number of carbonyl (C=O) groups is 1. The van der Waals surface area contributed by atoms with Crippen LogP contribution in [0.4, 0.5) is 11.4 Å². The highest BCUT2D eigenvalue weighted by molar-refractivity contribution is 5.79. The Morgan fingerprint density at radius 2 is 1.78 bits per heavy atom. The first-order valence-electron chi connectivity index (χ1n) is 7.22. The molecule has 1 N–H and O–H groups in total. The lowest BCUT2D eigenvalue weighted by Gasteiger charge is -2.13. The van der Waals surface area contributed by atoms with Gasteiger partial charge in [0, 0.05) is 38.0 Å². The van der Waals surface area contributed by atoms with E-state index in [-0.39, 0.29) is 18.0 Å². The summed E-state index contributed by atoms with van der Waals surface area (Å²) in [5, 5.41) is 13.7. The Morgan fingerprint density at radius 3 is 2.39 bits per heavy atom. The average Bonchev–Trinajstić information content (AvgIpc) is 2.53. The highest BCUT2D eigenvalue weighted by atomic mass is 16.6. The van der Waals surface area contributed by atoms with Crippen LogP contribution in [0.2, 0.25) is 0 Å². The summed E-state index contributed by atoms with van der Waals surface area (Å²) in [6.07, 6.45) is -0.00701. The highest BCUT2D eigenvalue weighted by Crippen LogP contribution is 2.18. The number of amides is 1. The van der Waals surface area contributed by atoms with Crippen LogP contribution in [0.15, 0.2) is 48.5 Å². The Bertz CT molecular complexity index is 696. The molecule has 0 aliphatic rings. The fourth-order valence-electron chi connectivity index (χ4n) is 2.19. The number of rotatable bonds is 6. The molecule has 0 aliphatic carbocycles. The van der Waals surface area contributed by atoms with Crippen LogP contribution >= 0.6 is 0 Å². The van der Waals surface area contributed by atoms with E-state index in [1.807, 2.05) is 43.3 Å². The number of para-hydroxylation sites is 1. The first-order chi connectivity index (χ1) is 11.0. The molecule has 0 radical (unpaired) electrons. The summed E-state index contributed by atoms with van der Waals surface area (Å²) in [5.74, 6) is -0.240. The molecule has 0 fully saturated rings. The van der Waals surface area contributed by atoms with Crippen molar-refractivity contribution >= 4 is 17.3 Å². The number of carbonyl (C=O) groups excluding carboxylic acids is 1. The third kappa shape index (κ3) is 4.54. The molecule has 0 saturated carbocycles. The molecule has 6 heteroatoms. The molecule has 2 aromatic rings. The summed E-state index contributed by atoms with van der Waals surface area (Å²) in [5.41, 5.74) is 2.45. The SMILES string of the molecule is CN(C)c1ccc(CNC(=O)Cc2ccccc2[N+](=O)[O-])cc1. The highest BCUT2D eigenvalue weighted by Gasteiger charge is 2.15. The van der Waals surface area contributed by atoms with E-state index in [2.05, 4.69) is 5.32 Å². The summed E-state index contributed by atoms with van der Waals surface area (Å²) < 4.78 is 0. The topological polar surface area (TPSA) is 75.5 Å². The number of nitrogens with zero attached hydrogens (tertiary/aromatic N) is 2. The molecule has 0 aromatic heterocycles. The van der Waals surface area contributed by atoms with Crippen LogP contribution in [-0.2, 0) is 17.8 Å². The Labute approximate surface area is 134 Å². The van der Waals surface area contributed by atoms with Crippen molar-refractivity contribution in [3.05, 3.63) is 69.8 Å². The second kappa shape index (κ2) is 7.40. The van der Waals surface area contributed by atoms with Crippen molar-refractivity contribution in [3.8, 4) is 0 Å². The smallest absolute Gasteiger partial charge is 0.273 e. The minimum Gasteiger partial charge on any atom is -0.378 e. The number of hydrogen-bond donors (Lipinski definition) is 1.